The quantitative estimate of drug-likeness (QED) is 0.880. The molecule has 0 radical (unpaired) electrons. The van der Waals surface area contributed by atoms with Crippen molar-refractivity contribution in [2.24, 2.45) is 0 Å². The Morgan fingerprint density at radius 3 is 2.71 bits per heavy atom. The Balaban J connectivity index is 1.54. The van der Waals surface area contributed by atoms with Crippen molar-refractivity contribution in [2.75, 3.05) is 32.1 Å². The van der Waals surface area contributed by atoms with Gasteiger partial charge in [-0.1, -0.05) is 30.3 Å². The van der Waals surface area contributed by atoms with Crippen LogP contribution in [0.25, 0.3) is 10.8 Å². The molecule has 1 aliphatic heterocycles. The van der Waals surface area contributed by atoms with Crippen LogP contribution in [-0.2, 0) is 9.53 Å². The molecular formula is C16H18N2O2S. The monoisotopic (exact) mass is 302 g/mol. The second kappa shape index (κ2) is 6.93. The third kappa shape index (κ3) is 3.97. The zero-order valence-electron chi connectivity index (χ0n) is 11.7. The number of ether oxygens (including phenoxy) is 1. The molecule has 0 spiro atoms. The van der Waals surface area contributed by atoms with Crippen molar-refractivity contribution in [3.63, 3.8) is 0 Å². The summed E-state index contributed by atoms with van der Waals surface area (Å²) in [6.45, 7) is 2.87. The minimum Gasteiger partial charge on any atom is -0.379 e. The molecule has 1 fully saturated rings. The van der Waals surface area contributed by atoms with E-state index >= 15 is 0 Å². The van der Waals surface area contributed by atoms with Gasteiger partial charge in [-0.25, -0.2) is 5.01 Å². The largest absolute Gasteiger partial charge is 0.379 e. The predicted octanol–water partition coefficient (Wildman–Crippen LogP) is 2.30. The summed E-state index contributed by atoms with van der Waals surface area (Å²) in [6.07, 6.45) is 0. The second-order valence-electron chi connectivity index (χ2n) is 4.93. The van der Waals surface area contributed by atoms with Crippen molar-refractivity contribution in [1.82, 2.24) is 10.4 Å². The van der Waals surface area contributed by atoms with Crippen LogP contribution in [0, 0.1) is 0 Å². The highest BCUT2D eigenvalue weighted by atomic mass is 32.2. The van der Waals surface area contributed by atoms with Gasteiger partial charge in [0, 0.05) is 18.0 Å². The molecule has 110 valence electrons. The third-order valence-corrected chi connectivity index (χ3v) is 4.38. The number of morpholine rings is 1. The number of rotatable bonds is 4. The van der Waals surface area contributed by atoms with Gasteiger partial charge in [-0.15, -0.1) is 11.8 Å². The molecular weight excluding hydrogens is 284 g/mol. The first-order valence-corrected chi connectivity index (χ1v) is 8.03. The van der Waals surface area contributed by atoms with Crippen LogP contribution >= 0.6 is 11.8 Å². The Morgan fingerprint density at radius 2 is 1.90 bits per heavy atom. The molecule has 1 saturated heterocycles. The lowest BCUT2D eigenvalue weighted by atomic mass is 10.1. The van der Waals surface area contributed by atoms with Crippen LogP contribution in [0.4, 0.5) is 0 Å². The van der Waals surface area contributed by atoms with Crippen molar-refractivity contribution < 1.29 is 9.53 Å². The van der Waals surface area contributed by atoms with E-state index in [1.165, 1.54) is 10.8 Å². The SMILES string of the molecule is O=C(CSc1ccc2ccccc2c1)NN1CCOCC1. The summed E-state index contributed by atoms with van der Waals surface area (Å²) in [5.74, 6) is 0.463. The molecule has 1 heterocycles. The summed E-state index contributed by atoms with van der Waals surface area (Å²) < 4.78 is 5.25. The normalized spacial score (nSPS) is 16.0. The number of hydrogen-bond acceptors (Lipinski definition) is 4. The number of nitrogens with zero attached hydrogens (tertiary/aromatic N) is 1. The van der Waals surface area contributed by atoms with Crippen LogP contribution in [0.3, 0.4) is 0 Å². The average molecular weight is 302 g/mol. The van der Waals surface area contributed by atoms with E-state index in [4.69, 9.17) is 4.74 Å². The number of carbonyl (C=O) groups excluding carboxylic acids is 1. The van der Waals surface area contributed by atoms with Crippen molar-refractivity contribution in [3.8, 4) is 0 Å². The average Bonchev–Trinajstić information content (AvgIpc) is 2.54. The molecule has 4 nitrogen and oxygen atoms in total. The van der Waals surface area contributed by atoms with Crippen LogP contribution in [0.1, 0.15) is 0 Å². The van der Waals surface area contributed by atoms with Gasteiger partial charge >= 0.3 is 0 Å². The maximum Gasteiger partial charge on any atom is 0.244 e. The van der Waals surface area contributed by atoms with Crippen LogP contribution in [-0.4, -0.2) is 43.0 Å². The molecule has 1 N–H and O–H groups in total. The van der Waals surface area contributed by atoms with Crippen LogP contribution in [0.2, 0.25) is 0 Å². The molecule has 0 atom stereocenters. The van der Waals surface area contributed by atoms with Gasteiger partial charge in [-0.2, -0.15) is 0 Å². The van der Waals surface area contributed by atoms with E-state index in [0.29, 0.717) is 19.0 Å². The van der Waals surface area contributed by atoms with Gasteiger partial charge in [0.1, 0.15) is 0 Å². The van der Waals surface area contributed by atoms with Crippen LogP contribution in [0.15, 0.2) is 47.4 Å². The van der Waals surface area contributed by atoms with E-state index in [0.717, 1.165) is 18.0 Å². The molecule has 2 aromatic carbocycles. The highest BCUT2D eigenvalue weighted by Gasteiger charge is 2.13. The summed E-state index contributed by atoms with van der Waals surface area (Å²) in [7, 11) is 0. The van der Waals surface area contributed by atoms with E-state index in [2.05, 4.69) is 35.8 Å². The molecule has 2 aromatic rings. The number of benzene rings is 2. The lowest BCUT2D eigenvalue weighted by Crippen LogP contribution is -2.48. The molecule has 5 heteroatoms. The molecule has 0 bridgehead atoms. The Morgan fingerprint density at radius 1 is 1.14 bits per heavy atom. The van der Waals surface area contributed by atoms with Gasteiger partial charge in [-0.3, -0.25) is 10.2 Å². The number of thioether (sulfide) groups is 1. The minimum absolute atomic E-state index is 0.0371. The Labute approximate surface area is 128 Å². The van der Waals surface area contributed by atoms with Crippen LogP contribution in [0.5, 0.6) is 0 Å². The Hall–Kier alpha value is -1.56. The van der Waals surface area contributed by atoms with Gasteiger partial charge in [0.05, 0.1) is 19.0 Å². The first-order chi connectivity index (χ1) is 10.3. The maximum atomic E-state index is 11.9. The van der Waals surface area contributed by atoms with Crippen molar-refractivity contribution in [1.29, 1.82) is 0 Å². The molecule has 3 rings (SSSR count). The lowest BCUT2D eigenvalue weighted by Gasteiger charge is -2.26. The molecule has 1 aliphatic rings. The third-order valence-electron chi connectivity index (χ3n) is 3.38. The van der Waals surface area contributed by atoms with E-state index in [1.807, 2.05) is 17.1 Å². The topological polar surface area (TPSA) is 41.6 Å². The van der Waals surface area contributed by atoms with Gasteiger partial charge in [0.2, 0.25) is 5.91 Å². The second-order valence-corrected chi connectivity index (χ2v) is 5.98. The minimum atomic E-state index is 0.0371. The van der Waals surface area contributed by atoms with Gasteiger partial charge in [-0.05, 0) is 22.9 Å². The molecule has 0 saturated carbocycles. The Kier molecular flexibility index (Phi) is 4.75. The summed E-state index contributed by atoms with van der Waals surface area (Å²) in [6, 6.07) is 14.5. The highest BCUT2D eigenvalue weighted by molar-refractivity contribution is 8.00. The van der Waals surface area contributed by atoms with E-state index in [1.54, 1.807) is 11.8 Å². The van der Waals surface area contributed by atoms with E-state index in [-0.39, 0.29) is 5.91 Å². The number of carbonyl (C=O) groups is 1. The molecule has 1 amide bonds. The molecule has 0 aromatic heterocycles. The fourth-order valence-electron chi connectivity index (χ4n) is 2.29. The summed E-state index contributed by atoms with van der Waals surface area (Å²) in [5, 5.41) is 4.35. The van der Waals surface area contributed by atoms with Crippen molar-refractivity contribution in [3.05, 3.63) is 42.5 Å². The van der Waals surface area contributed by atoms with Gasteiger partial charge in [0.15, 0.2) is 0 Å². The standard InChI is InChI=1S/C16H18N2O2S/c19-16(17-18-7-9-20-10-8-18)12-21-15-6-5-13-3-1-2-4-14(13)11-15/h1-6,11H,7-10,12H2,(H,17,19). The van der Waals surface area contributed by atoms with Crippen molar-refractivity contribution in [2.45, 2.75) is 4.90 Å². The zero-order valence-corrected chi connectivity index (χ0v) is 12.6. The Bertz CT molecular complexity index is 626. The summed E-state index contributed by atoms with van der Waals surface area (Å²) >= 11 is 1.56. The number of hydrazine groups is 1. The highest BCUT2D eigenvalue weighted by Crippen LogP contribution is 2.23. The number of fused-ring (bicyclic) bond motifs is 1. The zero-order chi connectivity index (χ0) is 14.5. The molecule has 0 unspecified atom stereocenters. The summed E-state index contributed by atoms with van der Waals surface area (Å²) in [5.41, 5.74) is 2.92. The fraction of sp³-hybridized carbons (Fsp3) is 0.312. The lowest BCUT2D eigenvalue weighted by molar-refractivity contribution is -0.125. The number of hydrogen-bond donors (Lipinski definition) is 1. The summed E-state index contributed by atoms with van der Waals surface area (Å²) in [4.78, 5) is 13.1. The first-order valence-electron chi connectivity index (χ1n) is 7.05. The smallest absolute Gasteiger partial charge is 0.244 e. The van der Waals surface area contributed by atoms with E-state index in [9.17, 15) is 4.79 Å². The van der Waals surface area contributed by atoms with E-state index < -0.39 is 0 Å². The first kappa shape index (κ1) is 14.4. The van der Waals surface area contributed by atoms with Crippen molar-refractivity contribution >= 4 is 28.4 Å². The predicted molar refractivity (Wildman–Crippen MR) is 85.2 cm³/mol. The van der Waals surface area contributed by atoms with Gasteiger partial charge in [0.25, 0.3) is 0 Å². The van der Waals surface area contributed by atoms with Gasteiger partial charge < -0.3 is 4.74 Å². The fourth-order valence-corrected chi connectivity index (χ4v) is 3.03. The van der Waals surface area contributed by atoms with Crippen LogP contribution < -0.4 is 5.43 Å². The molecule has 0 aliphatic carbocycles. The molecule has 21 heavy (non-hydrogen) atoms. The maximum absolute atomic E-state index is 11.9. The number of nitrogens with one attached hydrogen (secondary N) is 1. The number of amides is 1.